The van der Waals surface area contributed by atoms with Crippen molar-refractivity contribution in [2.45, 2.75) is 13.0 Å². The summed E-state index contributed by atoms with van der Waals surface area (Å²) in [5.41, 5.74) is 3.80. The summed E-state index contributed by atoms with van der Waals surface area (Å²) in [6.45, 7) is 0.482. The van der Waals surface area contributed by atoms with Crippen molar-refractivity contribution in [1.29, 1.82) is 0 Å². The maximum atomic E-state index is 11.3. The van der Waals surface area contributed by atoms with Gasteiger partial charge in [0.15, 0.2) is 5.82 Å². The third-order valence-corrected chi connectivity index (χ3v) is 3.32. The molecule has 0 aliphatic rings. The van der Waals surface area contributed by atoms with Crippen LogP contribution in [0.1, 0.15) is 27.4 Å². The molecule has 0 atom stereocenters. The van der Waals surface area contributed by atoms with Gasteiger partial charge in [0.2, 0.25) is 0 Å². The number of tetrazole rings is 1. The van der Waals surface area contributed by atoms with E-state index in [2.05, 4.69) is 20.5 Å². The molecule has 0 spiro atoms. The van der Waals surface area contributed by atoms with E-state index in [-0.39, 0.29) is 0 Å². The van der Waals surface area contributed by atoms with Crippen LogP contribution in [0.5, 0.6) is 0 Å². The molecule has 3 rings (SSSR count). The molecule has 3 aromatic rings. The van der Waals surface area contributed by atoms with Gasteiger partial charge in [0, 0.05) is 17.5 Å². The number of hydroxylamine groups is 1. The van der Waals surface area contributed by atoms with Crippen LogP contribution in [0.25, 0.3) is 0 Å². The fraction of sp³-hybridized carbons (Fsp3) is 0.133. The molecule has 1 amide bonds. The first kappa shape index (κ1) is 14.8. The van der Waals surface area contributed by atoms with Gasteiger partial charge in [0.1, 0.15) is 0 Å². The van der Waals surface area contributed by atoms with Gasteiger partial charge in [-0.2, -0.15) is 0 Å². The van der Waals surface area contributed by atoms with Gasteiger partial charge in [-0.25, -0.2) is 10.2 Å². The summed E-state index contributed by atoms with van der Waals surface area (Å²) >= 11 is 0. The van der Waals surface area contributed by atoms with Gasteiger partial charge in [0.25, 0.3) is 5.91 Å². The summed E-state index contributed by atoms with van der Waals surface area (Å²) in [5.74, 6) is 0.163. The van der Waals surface area contributed by atoms with Crippen LogP contribution in [0, 0.1) is 0 Å². The number of nitrogens with one attached hydrogen (secondary N) is 1. The van der Waals surface area contributed by atoms with E-state index in [1.807, 2.05) is 18.2 Å². The molecule has 2 aromatic heterocycles. The quantitative estimate of drug-likeness (QED) is 0.534. The van der Waals surface area contributed by atoms with E-state index in [0.717, 1.165) is 11.3 Å². The number of hydrogen-bond donors (Lipinski definition) is 2. The standard InChI is InChI=1S/C15H14N6O2/c22-15(18-23)12-6-4-11(5-7-12)10-21-14(17-19-20-21)9-13-3-1-2-8-16-13/h1-8,23H,9-10H2,(H,18,22). The van der Waals surface area contributed by atoms with Crippen molar-refractivity contribution >= 4 is 5.91 Å². The minimum absolute atomic E-state index is 0.377. The number of benzene rings is 1. The van der Waals surface area contributed by atoms with Crippen LogP contribution in [-0.2, 0) is 13.0 Å². The zero-order chi connectivity index (χ0) is 16.1. The van der Waals surface area contributed by atoms with Crippen molar-refractivity contribution < 1.29 is 10.0 Å². The van der Waals surface area contributed by atoms with Gasteiger partial charge in [0.05, 0.1) is 13.0 Å². The van der Waals surface area contributed by atoms with Crippen molar-refractivity contribution in [2.75, 3.05) is 0 Å². The minimum Gasteiger partial charge on any atom is -0.288 e. The van der Waals surface area contributed by atoms with E-state index in [4.69, 9.17) is 5.21 Å². The van der Waals surface area contributed by atoms with Crippen LogP contribution < -0.4 is 5.48 Å². The van der Waals surface area contributed by atoms with Gasteiger partial charge in [-0.15, -0.1) is 5.10 Å². The Bertz CT molecular complexity index is 785. The van der Waals surface area contributed by atoms with E-state index in [9.17, 15) is 4.79 Å². The van der Waals surface area contributed by atoms with Gasteiger partial charge >= 0.3 is 0 Å². The van der Waals surface area contributed by atoms with Crippen LogP contribution >= 0.6 is 0 Å². The van der Waals surface area contributed by atoms with E-state index in [1.54, 1.807) is 40.6 Å². The van der Waals surface area contributed by atoms with E-state index >= 15 is 0 Å². The molecule has 0 aliphatic heterocycles. The molecule has 116 valence electrons. The minimum atomic E-state index is -0.546. The largest absolute Gasteiger partial charge is 0.288 e. The highest BCUT2D eigenvalue weighted by Gasteiger charge is 2.09. The summed E-state index contributed by atoms with van der Waals surface area (Å²) in [7, 11) is 0. The number of carbonyl (C=O) groups is 1. The number of hydrogen-bond acceptors (Lipinski definition) is 6. The van der Waals surface area contributed by atoms with Gasteiger partial charge in [-0.05, 0) is 40.3 Å². The van der Waals surface area contributed by atoms with Gasteiger partial charge in [-0.3, -0.25) is 15.0 Å². The average Bonchev–Trinajstić information content (AvgIpc) is 3.02. The molecule has 0 unspecified atom stereocenters. The fourth-order valence-electron chi connectivity index (χ4n) is 2.14. The Morgan fingerprint density at radius 3 is 2.70 bits per heavy atom. The van der Waals surface area contributed by atoms with E-state index in [1.165, 1.54) is 0 Å². The van der Waals surface area contributed by atoms with Crippen LogP contribution in [0.3, 0.4) is 0 Å². The highest BCUT2D eigenvalue weighted by Crippen LogP contribution is 2.09. The molecule has 2 N–H and O–H groups in total. The third kappa shape index (κ3) is 3.55. The maximum absolute atomic E-state index is 11.3. The van der Waals surface area contributed by atoms with Crippen molar-refractivity contribution in [3.05, 3.63) is 71.3 Å². The van der Waals surface area contributed by atoms with Crippen LogP contribution in [0.2, 0.25) is 0 Å². The van der Waals surface area contributed by atoms with Crippen LogP contribution in [0.15, 0.2) is 48.7 Å². The van der Waals surface area contributed by atoms with Gasteiger partial charge < -0.3 is 0 Å². The summed E-state index contributed by atoms with van der Waals surface area (Å²) < 4.78 is 1.69. The number of aromatic nitrogens is 5. The van der Waals surface area contributed by atoms with E-state index < -0.39 is 5.91 Å². The van der Waals surface area contributed by atoms with Crippen molar-refractivity contribution in [3.8, 4) is 0 Å². The Morgan fingerprint density at radius 1 is 1.17 bits per heavy atom. The first-order valence-corrected chi connectivity index (χ1v) is 6.94. The van der Waals surface area contributed by atoms with Crippen LogP contribution in [-0.4, -0.2) is 36.3 Å². The molecule has 0 fully saturated rings. The number of carbonyl (C=O) groups excluding carboxylic acids is 1. The molecule has 1 aromatic carbocycles. The Kier molecular flexibility index (Phi) is 4.34. The second-order valence-corrected chi connectivity index (χ2v) is 4.89. The lowest BCUT2D eigenvalue weighted by Gasteiger charge is -2.05. The van der Waals surface area contributed by atoms with Crippen molar-refractivity contribution in [2.24, 2.45) is 0 Å². The molecule has 8 heteroatoms. The third-order valence-electron chi connectivity index (χ3n) is 3.32. The van der Waals surface area contributed by atoms with E-state index in [0.29, 0.717) is 24.4 Å². The average molecular weight is 310 g/mol. The SMILES string of the molecule is O=C(NO)c1ccc(Cn2nnnc2Cc2ccccn2)cc1. The Morgan fingerprint density at radius 2 is 2.00 bits per heavy atom. The Hall–Kier alpha value is -3.13. The highest BCUT2D eigenvalue weighted by molar-refractivity contribution is 5.93. The maximum Gasteiger partial charge on any atom is 0.274 e. The van der Waals surface area contributed by atoms with Crippen molar-refractivity contribution in [1.82, 2.24) is 30.7 Å². The molecule has 0 radical (unpaired) electrons. The Labute approximate surface area is 131 Å². The number of nitrogens with zero attached hydrogens (tertiary/aromatic N) is 5. The molecular formula is C15H14N6O2. The van der Waals surface area contributed by atoms with Gasteiger partial charge in [-0.1, -0.05) is 18.2 Å². The summed E-state index contributed by atoms with van der Waals surface area (Å²) in [6, 6.07) is 12.5. The van der Waals surface area contributed by atoms with Crippen molar-refractivity contribution in [3.63, 3.8) is 0 Å². The molecule has 0 saturated carbocycles. The molecule has 8 nitrogen and oxygen atoms in total. The summed E-state index contributed by atoms with van der Waals surface area (Å²) in [6.07, 6.45) is 2.27. The number of pyridine rings is 1. The second kappa shape index (κ2) is 6.75. The first-order valence-electron chi connectivity index (χ1n) is 6.94. The summed E-state index contributed by atoms with van der Waals surface area (Å²) in [4.78, 5) is 15.6. The second-order valence-electron chi connectivity index (χ2n) is 4.89. The highest BCUT2D eigenvalue weighted by atomic mass is 16.5. The topological polar surface area (TPSA) is 106 Å². The number of amides is 1. The predicted molar refractivity (Wildman–Crippen MR) is 79.7 cm³/mol. The lowest BCUT2D eigenvalue weighted by Crippen LogP contribution is -2.18. The number of rotatable bonds is 5. The fourth-order valence-corrected chi connectivity index (χ4v) is 2.14. The monoisotopic (exact) mass is 310 g/mol. The lowest BCUT2D eigenvalue weighted by molar-refractivity contribution is 0.0706. The normalized spacial score (nSPS) is 10.5. The zero-order valence-electron chi connectivity index (χ0n) is 12.1. The molecule has 0 bridgehead atoms. The molecule has 0 saturated heterocycles. The molecule has 23 heavy (non-hydrogen) atoms. The predicted octanol–water partition coefficient (Wildman–Crippen LogP) is 0.826. The first-order chi connectivity index (χ1) is 11.3. The Balaban J connectivity index is 1.74. The molecular weight excluding hydrogens is 296 g/mol. The molecule has 0 aliphatic carbocycles. The van der Waals surface area contributed by atoms with Crippen LogP contribution in [0.4, 0.5) is 0 Å². The zero-order valence-corrected chi connectivity index (χ0v) is 12.1. The smallest absolute Gasteiger partial charge is 0.274 e. The molecule has 2 heterocycles. The lowest BCUT2D eigenvalue weighted by atomic mass is 10.1. The summed E-state index contributed by atoms with van der Waals surface area (Å²) in [5, 5.41) is 20.3.